The van der Waals surface area contributed by atoms with Gasteiger partial charge in [0, 0.05) is 11.6 Å². The number of aryl methyl sites for hydroxylation is 1. The van der Waals surface area contributed by atoms with Crippen LogP contribution in [0.5, 0.6) is 0 Å². The number of pyridine rings is 1. The van der Waals surface area contributed by atoms with Crippen LogP contribution in [0, 0.1) is 6.92 Å². The molecule has 3 N–H and O–H groups in total. The molecule has 0 fully saturated rings. The van der Waals surface area contributed by atoms with Crippen LogP contribution >= 0.6 is 0 Å². The van der Waals surface area contributed by atoms with E-state index >= 15 is 0 Å². The van der Waals surface area contributed by atoms with Gasteiger partial charge in [-0.1, -0.05) is 54.1 Å². The molecule has 0 unspecified atom stereocenters. The molecule has 0 saturated heterocycles. The number of anilines is 1. The number of hydrogen-bond donors (Lipinski definition) is 2. The summed E-state index contributed by atoms with van der Waals surface area (Å²) in [7, 11) is -3.74. The van der Waals surface area contributed by atoms with Crippen molar-refractivity contribution < 1.29 is 13.2 Å². The smallest absolute Gasteiger partial charge is 0.261 e. The second-order valence-corrected chi connectivity index (χ2v) is 8.21. The summed E-state index contributed by atoms with van der Waals surface area (Å²) in [6.45, 7) is 1.87. The van der Waals surface area contributed by atoms with E-state index in [0.29, 0.717) is 0 Å². The normalized spacial score (nSPS) is 10.7. The number of benzene rings is 3. The number of para-hydroxylation sites is 2. The molecule has 7 heteroatoms. The summed E-state index contributed by atoms with van der Waals surface area (Å²) in [6, 6.07) is 24.7. The molecule has 152 valence electrons. The number of sulfonamides is 1. The van der Waals surface area contributed by atoms with Gasteiger partial charge in [0.25, 0.3) is 15.9 Å². The van der Waals surface area contributed by atoms with Crippen molar-refractivity contribution in [3.63, 3.8) is 0 Å². The number of nitrogens with zero attached hydrogens (tertiary/aromatic N) is 1. The third-order valence-corrected chi connectivity index (χ3v) is 5.66. The zero-order chi connectivity index (χ0) is 21.6. The van der Waals surface area contributed by atoms with Crippen LogP contribution in [0.15, 0.2) is 96.0 Å². The summed E-state index contributed by atoms with van der Waals surface area (Å²) >= 11 is 0. The Balaban J connectivity index is 0.000000212. The van der Waals surface area contributed by atoms with Crippen LogP contribution in [0.1, 0.15) is 15.9 Å². The van der Waals surface area contributed by atoms with Crippen LogP contribution in [-0.2, 0) is 10.0 Å². The van der Waals surface area contributed by atoms with Gasteiger partial charge < -0.3 is 5.73 Å². The number of rotatable bonds is 4. The van der Waals surface area contributed by atoms with E-state index in [1.165, 1.54) is 29.7 Å². The molecule has 30 heavy (non-hydrogen) atoms. The summed E-state index contributed by atoms with van der Waals surface area (Å²) in [5.74, 6) is -0.688. The van der Waals surface area contributed by atoms with E-state index in [1.807, 2.05) is 37.4 Å². The van der Waals surface area contributed by atoms with E-state index in [2.05, 4.69) is 21.8 Å². The fourth-order valence-electron chi connectivity index (χ4n) is 2.72. The van der Waals surface area contributed by atoms with Gasteiger partial charge in [-0.3, -0.25) is 14.5 Å². The maximum Gasteiger partial charge on any atom is 0.261 e. The molecular weight excluding hydrogens is 398 g/mol. The molecule has 0 bridgehead atoms. The zero-order valence-corrected chi connectivity index (χ0v) is 17.1. The Labute approximate surface area is 175 Å². The number of amides is 1. The monoisotopic (exact) mass is 419 g/mol. The number of hydrogen-bond acceptors (Lipinski definition) is 4. The van der Waals surface area contributed by atoms with Gasteiger partial charge in [-0.25, -0.2) is 8.42 Å². The van der Waals surface area contributed by atoms with Gasteiger partial charge in [-0.15, -0.1) is 0 Å². The number of primary amides is 1. The van der Waals surface area contributed by atoms with E-state index in [4.69, 9.17) is 5.73 Å². The van der Waals surface area contributed by atoms with Crippen molar-refractivity contribution in [3.8, 4) is 0 Å². The van der Waals surface area contributed by atoms with E-state index in [0.717, 1.165) is 11.1 Å². The lowest BCUT2D eigenvalue weighted by atomic mass is 10.2. The van der Waals surface area contributed by atoms with Gasteiger partial charge in [0.15, 0.2) is 0 Å². The van der Waals surface area contributed by atoms with Crippen molar-refractivity contribution in [1.82, 2.24) is 4.98 Å². The molecule has 6 nitrogen and oxygen atoms in total. The number of aromatic nitrogens is 1. The summed E-state index contributed by atoms with van der Waals surface area (Å²) in [5, 5.41) is 1.20. The molecule has 4 aromatic rings. The quantitative estimate of drug-likeness (QED) is 0.519. The lowest BCUT2D eigenvalue weighted by Crippen LogP contribution is -2.18. The number of nitrogens with one attached hydrogen (secondary N) is 1. The van der Waals surface area contributed by atoms with Crippen LogP contribution in [-0.4, -0.2) is 19.3 Å². The highest BCUT2D eigenvalue weighted by atomic mass is 32.2. The minimum atomic E-state index is -3.74. The molecule has 1 amide bonds. The van der Waals surface area contributed by atoms with Crippen molar-refractivity contribution in [2.75, 3.05) is 4.72 Å². The summed E-state index contributed by atoms with van der Waals surface area (Å²) in [5.41, 5.74) is 7.53. The van der Waals surface area contributed by atoms with Crippen LogP contribution in [0.4, 0.5) is 5.69 Å². The number of carbonyl (C=O) groups is 1. The Bertz CT molecular complexity index is 1200. The standard InChI is InChI=1S/C14H14N2O3S.C9H7N/c1-10-6-8-11(9-7-10)20(18,19)16-13-5-3-2-4-12(13)14(15)17;1-2-6-9-8(4-1)5-3-7-10-9/h2-9,16H,1H3,(H2,15,17);1-7H. The molecular formula is C23H21N3O3S. The van der Waals surface area contributed by atoms with Crippen molar-refractivity contribution in [2.24, 2.45) is 5.73 Å². The predicted octanol–water partition coefficient (Wildman–Crippen LogP) is 4.13. The molecule has 0 radical (unpaired) electrons. The van der Waals surface area contributed by atoms with E-state index < -0.39 is 15.9 Å². The molecule has 1 heterocycles. The van der Waals surface area contributed by atoms with Gasteiger partial charge in [-0.05, 0) is 43.3 Å². The minimum Gasteiger partial charge on any atom is -0.366 e. The molecule has 0 saturated carbocycles. The highest BCUT2D eigenvalue weighted by Gasteiger charge is 2.17. The molecule has 3 aromatic carbocycles. The summed E-state index contributed by atoms with van der Waals surface area (Å²) in [4.78, 5) is 15.6. The molecule has 0 atom stereocenters. The Morgan fingerprint density at radius 3 is 2.20 bits per heavy atom. The zero-order valence-electron chi connectivity index (χ0n) is 16.3. The van der Waals surface area contributed by atoms with Crippen LogP contribution in [0.3, 0.4) is 0 Å². The first-order valence-electron chi connectivity index (χ1n) is 9.15. The molecule has 0 spiro atoms. The summed E-state index contributed by atoms with van der Waals surface area (Å²) < 4.78 is 26.8. The first-order chi connectivity index (χ1) is 14.4. The SMILES string of the molecule is Cc1ccc(S(=O)(=O)Nc2ccccc2C(N)=O)cc1.c1ccc2ncccc2c1. The Hall–Kier alpha value is -3.71. The first kappa shape index (κ1) is 21.0. The molecule has 1 aromatic heterocycles. The third kappa shape index (κ3) is 5.21. The third-order valence-electron chi connectivity index (χ3n) is 4.28. The Morgan fingerprint density at radius 2 is 1.50 bits per heavy atom. The lowest BCUT2D eigenvalue weighted by molar-refractivity contribution is 0.100. The largest absolute Gasteiger partial charge is 0.366 e. The van der Waals surface area contributed by atoms with Crippen LogP contribution < -0.4 is 10.5 Å². The van der Waals surface area contributed by atoms with Crippen LogP contribution in [0.25, 0.3) is 10.9 Å². The maximum atomic E-state index is 12.2. The van der Waals surface area contributed by atoms with Gasteiger partial charge in [0.1, 0.15) is 0 Å². The molecule has 0 aliphatic rings. The Morgan fingerprint density at radius 1 is 0.867 bits per heavy atom. The van der Waals surface area contributed by atoms with Gasteiger partial charge in [-0.2, -0.15) is 0 Å². The van der Waals surface area contributed by atoms with Crippen molar-refractivity contribution >= 4 is 32.5 Å². The fraction of sp³-hybridized carbons (Fsp3) is 0.0435. The van der Waals surface area contributed by atoms with Gasteiger partial charge in [0.05, 0.1) is 21.7 Å². The topological polar surface area (TPSA) is 102 Å². The molecule has 0 aliphatic heterocycles. The average molecular weight is 420 g/mol. The van der Waals surface area contributed by atoms with Gasteiger partial charge in [0.2, 0.25) is 0 Å². The number of nitrogens with two attached hydrogens (primary N) is 1. The van der Waals surface area contributed by atoms with Gasteiger partial charge >= 0.3 is 0 Å². The average Bonchev–Trinajstić information content (AvgIpc) is 2.74. The van der Waals surface area contributed by atoms with Crippen molar-refractivity contribution in [3.05, 3.63) is 102 Å². The lowest BCUT2D eigenvalue weighted by Gasteiger charge is -2.10. The number of fused-ring (bicyclic) bond motifs is 1. The van der Waals surface area contributed by atoms with Crippen LogP contribution in [0.2, 0.25) is 0 Å². The highest BCUT2D eigenvalue weighted by molar-refractivity contribution is 7.92. The maximum absolute atomic E-state index is 12.2. The predicted molar refractivity (Wildman–Crippen MR) is 119 cm³/mol. The van der Waals surface area contributed by atoms with E-state index in [9.17, 15) is 13.2 Å². The van der Waals surface area contributed by atoms with Crippen molar-refractivity contribution in [2.45, 2.75) is 11.8 Å². The second kappa shape index (κ2) is 9.19. The highest BCUT2D eigenvalue weighted by Crippen LogP contribution is 2.20. The van der Waals surface area contributed by atoms with E-state index in [-0.39, 0.29) is 16.1 Å². The Kier molecular flexibility index (Phi) is 6.44. The molecule has 0 aliphatic carbocycles. The van der Waals surface area contributed by atoms with E-state index in [1.54, 1.807) is 24.3 Å². The number of carbonyl (C=O) groups excluding carboxylic acids is 1. The summed E-state index contributed by atoms with van der Waals surface area (Å²) in [6.07, 6.45) is 1.81. The first-order valence-corrected chi connectivity index (χ1v) is 10.6. The molecule has 4 rings (SSSR count). The minimum absolute atomic E-state index is 0.127. The fourth-order valence-corrected chi connectivity index (χ4v) is 3.80. The van der Waals surface area contributed by atoms with Crippen molar-refractivity contribution in [1.29, 1.82) is 0 Å². The second-order valence-electron chi connectivity index (χ2n) is 6.52.